The van der Waals surface area contributed by atoms with Gasteiger partial charge in [0.1, 0.15) is 34.7 Å². The minimum Gasteiger partial charge on any atom is -0.508 e. The first-order valence-electron chi connectivity index (χ1n) is 8.64. The van der Waals surface area contributed by atoms with Crippen molar-refractivity contribution >= 4 is 11.8 Å². The van der Waals surface area contributed by atoms with Crippen LogP contribution in [-0.2, 0) is 0 Å². The number of hydrogen-bond donors (Lipinski definition) is 2. The normalized spacial score (nSPS) is 15.4. The van der Waals surface area contributed by atoms with Crippen LogP contribution in [0.4, 0.5) is 0 Å². The van der Waals surface area contributed by atoms with Crippen molar-refractivity contribution in [1.82, 2.24) is 0 Å². The third-order valence-electron chi connectivity index (χ3n) is 4.46. The maximum atomic E-state index is 12.4. The van der Waals surface area contributed by atoms with Gasteiger partial charge in [-0.3, -0.25) is 4.79 Å². The predicted octanol–water partition coefficient (Wildman–Crippen LogP) is 4.02. The molecular formula is C22H16O6. The number of fused-ring (bicyclic) bond motifs is 1. The summed E-state index contributed by atoms with van der Waals surface area (Å²) in [7, 11) is 0. The summed E-state index contributed by atoms with van der Waals surface area (Å²) in [5.74, 6) is -0.719. The molecule has 6 nitrogen and oxygen atoms in total. The summed E-state index contributed by atoms with van der Waals surface area (Å²) >= 11 is 0. The van der Waals surface area contributed by atoms with Gasteiger partial charge >= 0.3 is 5.97 Å². The quantitative estimate of drug-likeness (QED) is 0.530. The molecule has 0 saturated carbocycles. The topological polar surface area (TPSA) is 93.1 Å². The molecular weight excluding hydrogens is 360 g/mol. The molecule has 0 bridgehead atoms. The van der Waals surface area contributed by atoms with Gasteiger partial charge in [0.15, 0.2) is 5.78 Å². The van der Waals surface area contributed by atoms with Crippen molar-refractivity contribution < 1.29 is 29.3 Å². The van der Waals surface area contributed by atoms with Crippen LogP contribution in [0, 0.1) is 0 Å². The Kier molecular flexibility index (Phi) is 4.45. The first kappa shape index (κ1) is 17.6. The smallest absolute Gasteiger partial charge is 0.343 e. The molecule has 0 spiro atoms. The highest BCUT2D eigenvalue weighted by Crippen LogP contribution is 2.41. The molecule has 1 aliphatic heterocycles. The number of phenols is 2. The largest absolute Gasteiger partial charge is 0.508 e. The molecule has 1 atom stereocenters. The molecule has 3 aromatic carbocycles. The Morgan fingerprint density at radius 1 is 1.00 bits per heavy atom. The molecule has 140 valence electrons. The lowest BCUT2D eigenvalue weighted by Gasteiger charge is -2.26. The summed E-state index contributed by atoms with van der Waals surface area (Å²) in [6, 6.07) is 17.7. The summed E-state index contributed by atoms with van der Waals surface area (Å²) in [6.45, 7) is 0. The van der Waals surface area contributed by atoms with E-state index < -0.39 is 12.1 Å². The van der Waals surface area contributed by atoms with E-state index in [2.05, 4.69) is 0 Å². The number of aromatic hydroxyl groups is 2. The van der Waals surface area contributed by atoms with Crippen LogP contribution in [0.1, 0.15) is 38.8 Å². The lowest BCUT2D eigenvalue weighted by molar-refractivity contribution is 0.0734. The average molecular weight is 376 g/mol. The Bertz CT molecular complexity index is 1040. The first-order valence-corrected chi connectivity index (χ1v) is 8.64. The van der Waals surface area contributed by atoms with Crippen LogP contribution in [0.3, 0.4) is 0 Å². The lowest BCUT2D eigenvalue weighted by atomic mass is 9.95. The Morgan fingerprint density at radius 3 is 2.43 bits per heavy atom. The van der Waals surface area contributed by atoms with Gasteiger partial charge in [-0.2, -0.15) is 0 Å². The molecule has 3 aromatic rings. The fourth-order valence-electron chi connectivity index (χ4n) is 3.10. The van der Waals surface area contributed by atoms with Gasteiger partial charge in [0.05, 0.1) is 12.0 Å². The average Bonchev–Trinajstić information content (AvgIpc) is 2.68. The molecule has 1 heterocycles. The van der Waals surface area contributed by atoms with Crippen molar-refractivity contribution in [1.29, 1.82) is 0 Å². The number of esters is 1. The first-order chi connectivity index (χ1) is 13.5. The van der Waals surface area contributed by atoms with E-state index in [1.165, 1.54) is 6.07 Å². The van der Waals surface area contributed by atoms with Crippen molar-refractivity contribution in [3.63, 3.8) is 0 Å². The molecule has 2 N–H and O–H groups in total. The van der Waals surface area contributed by atoms with Crippen LogP contribution >= 0.6 is 0 Å². The number of ketones is 1. The molecule has 0 fully saturated rings. The molecule has 0 radical (unpaired) electrons. The molecule has 4 rings (SSSR count). The number of Topliss-reactive ketones (excluding diaryl/α,β-unsaturated/α-hetero) is 1. The number of benzene rings is 3. The standard InChI is InChI=1S/C22H16O6/c23-15-10-17(24)21-18(25)12-19(28-20(21)11-15)13-6-8-16(9-7-13)27-22(26)14-4-2-1-3-5-14/h1-11,19,23-24H,12H2. The van der Waals surface area contributed by atoms with Crippen molar-refractivity contribution in [2.75, 3.05) is 0 Å². The molecule has 28 heavy (non-hydrogen) atoms. The monoisotopic (exact) mass is 376 g/mol. The number of ether oxygens (including phenoxy) is 2. The van der Waals surface area contributed by atoms with Gasteiger partial charge in [-0.15, -0.1) is 0 Å². The minimum absolute atomic E-state index is 0.0501. The minimum atomic E-state index is -0.569. The van der Waals surface area contributed by atoms with E-state index in [0.29, 0.717) is 16.9 Å². The number of carbonyl (C=O) groups is 2. The van der Waals surface area contributed by atoms with Crippen LogP contribution in [0.25, 0.3) is 0 Å². The van der Waals surface area contributed by atoms with E-state index in [-0.39, 0.29) is 35.0 Å². The third-order valence-corrected chi connectivity index (χ3v) is 4.46. The van der Waals surface area contributed by atoms with E-state index >= 15 is 0 Å². The van der Waals surface area contributed by atoms with Crippen LogP contribution in [-0.4, -0.2) is 22.0 Å². The van der Waals surface area contributed by atoms with Crippen LogP contribution in [0.5, 0.6) is 23.0 Å². The van der Waals surface area contributed by atoms with Gasteiger partial charge < -0.3 is 19.7 Å². The number of rotatable bonds is 3. The van der Waals surface area contributed by atoms with Gasteiger partial charge in [-0.1, -0.05) is 30.3 Å². The summed E-state index contributed by atoms with van der Waals surface area (Å²) < 4.78 is 11.1. The fourth-order valence-corrected chi connectivity index (χ4v) is 3.10. The van der Waals surface area contributed by atoms with E-state index in [1.807, 2.05) is 6.07 Å². The second kappa shape index (κ2) is 7.08. The maximum Gasteiger partial charge on any atom is 0.343 e. The Hall–Kier alpha value is -3.80. The Balaban J connectivity index is 1.51. The third kappa shape index (κ3) is 3.40. The summed E-state index contributed by atoms with van der Waals surface area (Å²) in [4.78, 5) is 24.5. The van der Waals surface area contributed by atoms with Crippen LogP contribution in [0.2, 0.25) is 0 Å². The highest BCUT2D eigenvalue weighted by molar-refractivity contribution is 6.02. The predicted molar refractivity (Wildman–Crippen MR) is 99.9 cm³/mol. The molecule has 1 aliphatic rings. The van der Waals surface area contributed by atoms with Gasteiger partial charge in [0.25, 0.3) is 0 Å². The van der Waals surface area contributed by atoms with E-state index in [4.69, 9.17) is 9.47 Å². The second-order valence-corrected chi connectivity index (χ2v) is 6.40. The van der Waals surface area contributed by atoms with Crippen LogP contribution in [0.15, 0.2) is 66.7 Å². The van der Waals surface area contributed by atoms with Gasteiger partial charge in [-0.25, -0.2) is 4.79 Å². The van der Waals surface area contributed by atoms with Crippen molar-refractivity contribution in [2.45, 2.75) is 12.5 Å². The molecule has 0 aromatic heterocycles. The number of carbonyl (C=O) groups excluding carboxylic acids is 2. The zero-order valence-electron chi connectivity index (χ0n) is 14.7. The number of hydrogen-bond acceptors (Lipinski definition) is 6. The highest BCUT2D eigenvalue weighted by Gasteiger charge is 2.30. The molecule has 0 aliphatic carbocycles. The molecule has 1 unspecified atom stereocenters. The van der Waals surface area contributed by atoms with Crippen LogP contribution < -0.4 is 9.47 Å². The highest BCUT2D eigenvalue weighted by atomic mass is 16.5. The summed E-state index contributed by atoms with van der Waals surface area (Å²) in [6.07, 6.45) is -0.519. The Morgan fingerprint density at radius 2 is 1.71 bits per heavy atom. The molecule has 6 heteroatoms. The van der Waals surface area contributed by atoms with E-state index in [1.54, 1.807) is 48.5 Å². The fraction of sp³-hybridized carbons (Fsp3) is 0.0909. The zero-order chi connectivity index (χ0) is 19.7. The summed E-state index contributed by atoms with van der Waals surface area (Å²) in [5, 5.41) is 19.5. The van der Waals surface area contributed by atoms with Gasteiger partial charge in [0, 0.05) is 12.1 Å². The Labute approximate surface area is 160 Å². The van der Waals surface area contributed by atoms with E-state index in [0.717, 1.165) is 6.07 Å². The maximum absolute atomic E-state index is 12.4. The molecule has 0 amide bonds. The van der Waals surface area contributed by atoms with Crippen molar-refractivity contribution in [3.8, 4) is 23.0 Å². The molecule has 0 saturated heterocycles. The number of phenolic OH excluding ortho intramolecular Hbond substituents is 2. The lowest BCUT2D eigenvalue weighted by Crippen LogP contribution is -2.20. The SMILES string of the molecule is O=C(Oc1ccc(C2CC(=O)c3c(O)cc(O)cc3O2)cc1)c1ccccc1. The summed E-state index contributed by atoms with van der Waals surface area (Å²) in [5.41, 5.74) is 1.23. The van der Waals surface area contributed by atoms with Crippen molar-refractivity contribution in [3.05, 3.63) is 83.4 Å². The van der Waals surface area contributed by atoms with Gasteiger partial charge in [0.2, 0.25) is 0 Å². The van der Waals surface area contributed by atoms with Crippen molar-refractivity contribution in [2.24, 2.45) is 0 Å². The van der Waals surface area contributed by atoms with E-state index in [9.17, 15) is 19.8 Å². The van der Waals surface area contributed by atoms with Gasteiger partial charge in [-0.05, 0) is 29.8 Å². The second-order valence-electron chi connectivity index (χ2n) is 6.40. The zero-order valence-corrected chi connectivity index (χ0v) is 14.7.